The molecule has 0 aliphatic rings. The summed E-state index contributed by atoms with van der Waals surface area (Å²) in [4.78, 5) is 10.8. The van der Waals surface area contributed by atoms with Crippen molar-refractivity contribution in [1.29, 1.82) is 5.26 Å². The third kappa shape index (κ3) is 1.92. The van der Waals surface area contributed by atoms with E-state index in [4.69, 9.17) is 16.1 Å². The summed E-state index contributed by atoms with van der Waals surface area (Å²) < 4.78 is 0.552. The van der Waals surface area contributed by atoms with Gasteiger partial charge < -0.3 is 10.8 Å². The highest BCUT2D eigenvalue weighted by Crippen LogP contribution is 2.22. The number of rotatable bonds is 2. The fourth-order valence-corrected chi connectivity index (χ4v) is 1.72. The molecule has 1 aromatic rings. The van der Waals surface area contributed by atoms with Crippen molar-refractivity contribution >= 4 is 21.9 Å². The van der Waals surface area contributed by atoms with Gasteiger partial charge in [-0.15, -0.1) is 0 Å². The van der Waals surface area contributed by atoms with Crippen LogP contribution in [0.1, 0.15) is 21.5 Å². The molecular formula is C9H7BrN2O2. The molecule has 72 valence electrons. The van der Waals surface area contributed by atoms with E-state index >= 15 is 0 Å². The minimum atomic E-state index is -1.08. The van der Waals surface area contributed by atoms with Gasteiger partial charge in [0.15, 0.2) is 0 Å². The maximum absolute atomic E-state index is 10.8. The van der Waals surface area contributed by atoms with Crippen LogP contribution in [0.4, 0.5) is 0 Å². The quantitative estimate of drug-likeness (QED) is 0.837. The predicted molar refractivity (Wildman–Crippen MR) is 53.7 cm³/mol. The van der Waals surface area contributed by atoms with Gasteiger partial charge >= 0.3 is 5.97 Å². The highest BCUT2D eigenvalue weighted by molar-refractivity contribution is 9.10. The number of carbonyl (C=O) groups is 1. The van der Waals surface area contributed by atoms with E-state index in [1.165, 1.54) is 6.07 Å². The van der Waals surface area contributed by atoms with Crippen LogP contribution < -0.4 is 5.73 Å². The van der Waals surface area contributed by atoms with Gasteiger partial charge in [-0.2, -0.15) is 5.26 Å². The first-order valence-electron chi connectivity index (χ1n) is 3.76. The number of hydrogen-bond donors (Lipinski definition) is 2. The average molecular weight is 255 g/mol. The van der Waals surface area contributed by atoms with E-state index in [-0.39, 0.29) is 12.1 Å². The molecule has 4 nitrogen and oxygen atoms in total. The first-order valence-corrected chi connectivity index (χ1v) is 4.55. The molecule has 0 radical (unpaired) electrons. The molecule has 1 rings (SSSR count). The van der Waals surface area contributed by atoms with E-state index in [9.17, 15) is 4.79 Å². The largest absolute Gasteiger partial charge is 0.478 e. The van der Waals surface area contributed by atoms with Gasteiger partial charge in [0.25, 0.3) is 0 Å². The fourth-order valence-electron chi connectivity index (χ4n) is 1.10. The van der Waals surface area contributed by atoms with Gasteiger partial charge in [0.1, 0.15) is 0 Å². The number of hydrogen-bond acceptors (Lipinski definition) is 3. The summed E-state index contributed by atoms with van der Waals surface area (Å²) in [5.41, 5.74) is 6.27. The Morgan fingerprint density at radius 1 is 1.64 bits per heavy atom. The summed E-state index contributed by atoms with van der Waals surface area (Å²) in [5, 5.41) is 17.5. The Kier molecular flexibility index (Phi) is 3.23. The molecule has 3 N–H and O–H groups in total. The SMILES string of the molecule is N#Cc1cc(Br)c(CN)c(C(=O)O)c1. The molecule has 0 amide bonds. The van der Waals surface area contributed by atoms with Crippen molar-refractivity contribution in [2.45, 2.75) is 6.54 Å². The number of nitrogens with two attached hydrogens (primary N) is 1. The van der Waals surface area contributed by atoms with E-state index in [0.717, 1.165) is 0 Å². The Bertz CT molecular complexity index is 424. The third-order valence-electron chi connectivity index (χ3n) is 1.76. The third-order valence-corrected chi connectivity index (χ3v) is 2.47. The summed E-state index contributed by atoms with van der Waals surface area (Å²) in [6.07, 6.45) is 0. The first kappa shape index (κ1) is 10.7. The Balaban J connectivity index is 3.45. The van der Waals surface area contributed by atoms with Gasteiger partial charge in [-0.05, 0) is 17.7 Å². The average Bonchev–Trinajstić information content (AvgIpc) is 2.16. The van der Waals surface area contributed by atoms with E-state index in [0.29, 0.717) is 15.6 Å². The second-order valence-electron chi connectivity index (χ2n) is 2.61. The summed E-state index contributed by atoms with van der Waals surface area (Å²) >= 11 is 3.17. The number of carboxylic acid groups (broad SMARTS) is 1. The minimum absolute atomic E-state index is 0.0680. The molecule has 0 unspecified atom stereocenters. The molecule has 0 saturated carbocycles. The van der Waals surface area contributed by atoms with Crippen LogP contribution in [0.15, 0.2) is 16.6 Å². The smallest absolute Gasteiger partial charge is 0.336 e. The summed E-state index contributed by atoms with van der Waals surface area (Å²) in [7, 11) is 0. The lowest BCUT2D eigenvalue weighted by atomic mass is 10.0. The Morgan fingerprint density at radius 3 is 2.71 bits per heavy atom. The van der Waals surface area contributed by atoms with Crippen molar-refractivity contribution in [3.63, 3.8) is 0 Å². The highest BCUT2D eigenvalue weighted by atomic mass is 79.9. The van der Waals surface area contributed by atoms with Crippen LogP contribution >= 0.6 is 15.9 Å². The van der Waals surface area contributed by atoms with E-state index < -0.39 is 5.97 Å². The topological polar surface area (TPSA) is 87.1 Å². The summed E-state index contributed by atoms with van der Waals surface area (Å²) in [6, 6.07) is 4.75. The second kappa shape index (κ2) is 4.22. The van der Waals surface area contributed by atoms with Crippen LogP contribution in [0.25, 0.3) is 0 Å². The highest BCUT2D eigenvalue weighted by Gasteiger charge is 2.13. The predicted octanol–water partition coefficient (Wildman–Crippen LogP) is 1.48. The van der Waals surface area contributed by atoms with Crippen molar-refractivity contribution in [3.8, 4) is 6.07 Å². The maximum atomic E-state index is 10.8. The Hall–Kier alpha value is -1.38. The first-order chi connectivity index (χ1) is 6.60. The molecule has 0 atom stereocenters. The van der Waals surface area contributed by atoms with Gasteiger partial charge in [0.05, 0.1) is 17.2 Å². The van der Waals surface area contributed by atoms with Crippen LogP contribution in [-0.4, -0.2) is 11.1 Å². The number of nitriles is 1. The molecule has 1 aromatic carbocycles. The van der Waals surface area contributed by atoms with Crippen molar-refractivity contribution in [3.05, 3.63) is 33.3 Å². The minimum Gasteiger partial charge on any atom is -0.478 e. The number of nitrogens with zero attached hydrogens (tertiary/aromatic N) is 1. The molecule has 0 aromatic heterocycles. The van der Waals surface area contributed by atoms with E-state index in [1.807, 2.05) is 6.07 Å². The molecular weight excluding hydrogens is 248 g/mol. The molecule has 14 heavy (non-hydrogen) atoms. The van der Waals surface area contributed by atoms with Gasteiger partial charge in [-0.1, -0.05) is 15.9 Å². The van der Waals surface area contributed by atoms with Crippen LogP contribution in [-0.2, 0) is 6.54 Å². The standard InChI is InChI=1S/C9H7BrN2O2/c10-8-2-5(3-11)1-6(9(13)14)7(8)4-12/h1-2H,4,12H2,(H,13,14). The van der Waals surface area contributed by atoms with Crippen LogP contribution in [0.5, 0.6) is 0 Å². The monoisotopic (exact) mass is 254 g/mol. The number of benzene rings is 1. The number of carboxylic acids is 1. The normalized spacial score (nSPS) is 9.50. The maximum Gasteiger partial charge on any atom is 0.336 e. The molecule has 0 aliphatic heterocycles. The zero-order chi connectivity index (χ0) is 10.7. The van der Waals surface area contributed by atoms with Crippen LogP contribution in [0.3, 0.4) is 0 Å². The van der Waals surface area contributed by atoms with E-state index in [2.05, 4.69) is 15.9 Å². The molecule has 0 fully saturated rings. The Labute approximate surface area is 89.1 Å². The van der Waals surface area contributed by atoms with Gasteiger partial charge in [0.2, 0.25) is 0 Å². The molecule has 0 saturated heterocycles. The molecule has 0 aliphatic carbocycles. The lowest BCUT2D eigenvalue weighted by molar-refractivity contribution is 0.0695. The van der Waals surface area contributed by atoms with Crippen molar-refractivity contribution in [1.82, 2.24) is 0 Å². The molecule has 0 heterocycles. The van der Waals surface area contributed by atoms with Crippen LogP contribution in [0, 0.1) is 11.3 Å². The summed E-state index contributed by atoms with van der Waals surface area (Å²) in [6.45, 7) is 0.119. The molecule has 0 bridgehead atoms. The Morgan fingerprint density at radius 2 is 2.29 bits per heavy atom. The zero-order valence-electron chi connectivity index (χ0n) is 7.12. The van der Waals surface area contributed by atoms with Gasteiger partial charge in [0, 0.05) is 11.0 Å². The number of aromatic carboxylic acids is 1. The van der Waals surface area contributed by atoms with Crippen molar-refractivity contribution < 1.29 is 9.90 Å². The number of halogens is 1. The zero-order valence-corrected chi connectivity index (χ0v) is 8.71. The lowest BCUT2D eigenvalue weighted by Crippen LogP contribution is -2.08. The molecule has 0 spiro atoms. The van der Waals surface area contributed by atoms with Crippen LogP contribution in [0.2, 0.25) is 0 Å². The van der Waals surface area contributed by atoms with Gasteiger partial charge in [-0.25, -0.2) is 4.79 Å². The fraction of sp³-hybridized carbons (Fsp3) is 0.111. The van der Waals surface area contributed by atoms with Crippen molar-refractivity contribution in [2.75, 3.05) is 0 Å². The molecule has 5 heteroatoms. The van der Waals surface area contributed by atoms with E-state index in [1.54, 1.807) is 6.07 Å². The lowest BCUT2D eigenvalue weighted by Gasteiger charge is -2.06. The van der Waals surface area contributed by atoms with Gasteiger partial charge in [-0.3, -0.25) is 0 Å². The van der Waals surface area contributed by atoms with Crippen molar-refractivity contribution in [2.24, 2.45) is 5.73 Å². The summed E-state index contributed by atoms with van der Waals surface area (Å²) in [5.74, 6) is -1.08. The second-order valence-corrected chi connectivity index (χ2v) is 3.46.